The van der Waals surface area contributed by atoms with Gasteiger partial charge in [0, 0.05) is 6.54 Å². The minimum atomic E-state index is -1.14. The Bertz CT molecular complexity index is 506. The second-order valence-electron chi connectivity index (χ2n) is 4.64. The van der Waals surface area contributed by atoms with E-state index in [-0.39, 0.29) is 12.5 Å². The van der Waals surface area contributed by atoms with E-state index in [9.17, 15) is 18.4 Å². The highest BCUT2D eigenvalue weighted by molar-refractivity contribution is 5.82. The zero-order valence-corrected chi connectivity index (χ0v) is 11.1. The molecule has 0 saturated heterocycles. The molecule has 3 N–H and O–H groups in total. The molecule has 1 atom stereocenters. The van der Waals surface area contributed by atoms with Crippen LogP contribution in [0.3, 0.4) is 0 Å². The molecule has 1 rings (SSSR count). The number of carboxylic acid groups (broad SMARTS) is 1. The molecule has 110 valence electrons. The highest BCUT2D eigenvalue weighted by atomic mass is 19.2. The van der Waals surface area contributed by atoms with Gasteiger partial charge in [-0.3, -0.25) is 0 Å². The average Bonchev–Trinajstić information content (AvgIpc) is 2.36. The van der Waals surface area contributed by atoms with Gasteiger partial charge in [0.2, 0.25) is 0 Å². The average molecular weight is 286 g/mol. The molecular formula is C13H16F2N2O3. The van der Waals surface area contributed by atoms with Gasteiger partial charge in [0.15, 0.2) is 11.6 Å². The second kappa shape index (κ2) is 6.83. The Balaban J connectivity index is 2.54. The molecule has 0 spiro atoms. The Hall–Kier alpha value is -2.18. The van der Waals surface area contributed by atoms with E-state index < -0.39 is 29.7 Å². The molecule has 0 saturated carbocycles. The summed E-state index contributed by atoms with van der Waals surface area (Å²) < 4.78 is 25.7. The van der Waals surface area contributed by atoms with Gasteiger partial charge in [-0.1, -0.05) is 19.9 Å². The van der Waals surface area contributed by atoms with Crippen molar-refractivity contribution in [3.63, 3.8) is 0 Å². The Labute approximate surface area is 115 Å². The maximum Gasteiger partial charge on any atom is 0.326 e. The number of halogens is 2. The molecule has 2 amide bonds. The molecule has 1 aromatic rings. The first kappa shape index (κ1) is 15.9. The summed E-state index contributed by atoms with van der Waals surface area (Å²) in [6.45, 7) is 3.29. The molecule has 0 unspecified atom stereocenters. The first-order chi connectivity index (χ1) is 9.31. The topological polar surface area (TPSA) is 78.4 Å². The highest BCUT2D eigenvalue weighted by Crippen LogP contribution is 2.08. The molecule has 7 heteroatoms. The standard InChI is InChI=1S/C13H16F2N2O3/c1-7(2)11(12(18)19)17-13(20)16-6-8-3-4-9(14)10(15)5-8/h3-5,7,11H,6H2,1-2H3,(H,18,19)(H2,16,17,20)/t11-/m0/s1. The van der Waals surface area contributed by atoms with Crippen LogP contribution in [0.25, 0.3) is 0 Å². The number of amides is 2. The summed E-state index contributed by atoms with van der Waals surface area (Å²) in [6, 6.07) is 1.55. The SMILES string of the molecule is CC(C)[C@H](NC(=O)NCc1ccc(F)c(F)c1)C(=O)O. The molecule has 0 bridgehead atoms. The minimum Gasteiger partial charge on any atom is -0.480 e. The summed E-state index contributed by atoms with van der Waals surface area (Å²) in [5, 5.41) is 13.6. The number of aliphatic carboxylic acids is 1. The lowest BCUT2D eigenvalue weighted by atomic mass is 10.1. The smallest absolute Gasteiger partial charge is 0.326 e. The van der Waals surface area contributed by atoms with Crippen LogP contribution < -0.4 is 10.6 Å². The number of hydrogen-bond donors (Lipinski definition) is 3. The number of urea groups is 1. The van der Waals surface area contributed by atoms with E-state index in [2.05, 4.69) is 10.6 Å². The monoisotopic (exact) mass is 286 g/mol. The number of carbonyl (C=O) groups excluding carboxylic acids is 1. The van der Waals surface area contributed by atoms with Crippen molar-refractivity contribution < 1.29 is 23.5 Å². The summed E-state index contributed by atoms with van der Waals surface area (Å²) in [4.78, 5) is 22.4. The Morgan fingerprint density at radius 1 is 1.25 bits per heavy atom. The molecule has 0 fully saturated rings. The van der Waals surface area contributed by atoms with Crippen LogP contribution in [0.4, 0.5) is 13.6 Å². The molecule has 0 radical (unpaired) electrons. The summed E-state index contributed by atoms with van der Waals surface area (Å²) in [7, 11) is 0. The largest absolute Gasteiger partial charge is 0.480 e. The van der Waals surface area contributed by atoms with Crippen LogP contribution in [0.2, 0.25) is 0 Å². The quantitative estimate of drug-likeness (QED) is 0.773. The van der Waals surface area contributed by atoms with Crippen LogP contribution in [-0.2, 0) is 11.3 Å². The summed E-state index contributed by atoms with van der Waals surface area (Å²) in [5.41, 5.74) is 0.371. The van der Waals surface area contributed by atoms with E-state index >= 15 is 0 Å². The molecule has 20 heavy (non-hydrogen) atoms. The Morgan fingerprint density at radius 3 is 2.40 bits per heavy atom. The minimum absolute atomic E-state index is 0.0343. The van der Waals surface area contributed by atoms with Crippen LogP contribution in [0.15, 0.2) is 18.2 Å². The highest BCUT2D eigenvalue weighted by Gasteiger charge is 2.23. The van der Waals surface area contributed by atoms with E-state index in [0.29, 0.717) is 5.56 Å². The van der Waals surface area contributed by atoms with Crippen LogP contribution in [0.1, 0.15) is 19.4 Å². The van der Waals surface area contributed by atoms with Crippen molar-refractivity contribution in [2.45, 2.75) is 26.4 Å². The third-order valence-electron chi connectivity index (χ3n) is 2.66. The van der Waals surface area contributed by atoms with Crippen molar-refractivity contribution in [2.75, 3.05) is 0 Å². The van der Waals surface area contributed by atoms with E-state index in [1.807, 2.05) is 0 Å². The summed E-state index contributed by atoms with van der Waals surface area (Å²) >= 11 is 0. The fourth-order valence-electron chi connectivity index (χ4n) is 1.54. The summed E-state index contributed by atoms with van der Waals surface area (Å²) in [6.07, 6.45) is 0. The fourth-order valence-corrected chi connectivity index (χ4v) is 1.54. The zero-order valence-electron chi connectivity index (χ0n) is 11.1. The van der Waals surface area contributed by atoms with Gasteiger partial charge in [0.25, 0.3) is 0 Å². The van der Waals surface area contributed by atoms with E-state index in [1.54, 1.807) is 13.8 Å². The molecular weight excluding hydrogens is 270 g/mol. The van der Waals surface area contributed by atoms with Gasteiger partial charge in [-0.2, -0.15) is 0 Å². The van der Waals surface area contributed by atoms with Crippen LogP contribution in [0.5, 0.6) is 0 Å². The first-order valence-corrected chi connectivity index (χ1v) is 6.02. The third-order valence-corrected chi connectivity index (χ3v) is 2.66. The zero-order chi connectivity index (χ0) is 15.3. The predicted molar refractivity (Wildman–Crippen MR) is 68.0 cm³/mol. The van der Waals surface area contributed by atoms with Gasteiger partial charge >= 0.3 is 12.0 Å². The molecule has 0 aliphatic heterocycles. The maximum absolute atomic E-state index is 12.9. The van der Waals surface area contributed by atoms with E-state index in [4.69, 9.17) is 5.11 Å². The van der Waals surface area contributed by atoms with Gasteiger partial charge < -0.3 is 15.7 Å². The number of carboxylic acids is 1. The van der Waals surface area contributed by atoms with Gasteiger partial charge in [-0.25, -0.2) is 18.4 Å². The molecule has 5 nitrogen and oxygen atoms in total. The van der Waals surface area contributed by atoms with Crippen molar-refractivity contribution in [2.24, 2.45) is 5.92 Å². The number of benzene rings is 1. The van der Waals surface area contributed by atoms with Crippen molar-refractivity contribution in [1.82, 2.24) is 10.6 Å². The molecule has 0 aromatic heterocycles. The van der Waals surface area contributed by atoms with Crippen molar-refractivity contribution >= 4 is 12.0 Å². The summed E-state index contributed by atoms with van der Waals surface area (Å²) in [5.74, 6) is -3.39. The Kier molecular flexibility index (Phi) is 5.42. The lowest BCUT2D eigenvalue weighted by molar-refractivity contribution is -0.140. The second-order valence-corrected chi connectivity index (χ2v) is 4.64. The van der Waals surface area contributed by atoms with Crippen LogP contribution in [-0.4, -0.2) is 23.1 Å². The van der Waals surface area contributed by atoms with E-state index in [1.165, 1.54) is 6.07 Å². The Morgan fingerprint density at radius 2 is 1.90 bits per heavy atom. The fraction of sp³-hybridized carbons (Fsp3) is 0.385. The molecule has 0 aliphatic rings. The maximum atomic E-state index is 12.9. The van der Waals surface area contributed by atoms with Crippen LogP contribution in [0, 0.1) is 17.6 Å². The number of nitrogens with one attached hydrogen (secondary N) is 2. The van der Waals surface area contributed by atoms with Gasteiger partial charge in [0.1, 0.15) is 6.04 Å². The van der Waals surface area contributed by atoms with Gasteiger partial charge in [-0.15, -0.1) is 0 Å². The molecule has 0 aliphatic carbocycles. The number of rotatable bonds is 5. The molecule has 0 heterocycles. The van der Waals surface area contributed by atoms with Gasteiger partial charge in [0.05, 0.1) is 0 Å². The number of carbonyl (C=O) groups is 2. The lowest BCUT2D eigenvalue weighted by Gasteiger charge is -2.18. The first-order valence-electron chi connectivity index (χ1n) is 6.02. The lowest BCUT2D eigenvalue weighted by Crippen LogP contribution is -2.48. The number of hydrogen-bond acceptors (Lipinski definition) is 2. The van der Waals surface area contributed by atoms with Crippen LogP contribution >= 0.6 is 0 Å². The van der Waals surface area contributed by atoms with Crippen molar-refractivity contribution in [3.8, 4) is 0 Å². The van der Waals surface area contributed by atoms with Gasteiger partial charge in [-0.05, 0) is 23.6 Å². The van der Waals surface area contributed by atoms with Crippen molar-refractivity contribution in [3.05, 3.63) is 35.4 Å². The third kappa shape index (κ3) is 4.49. The predicted octanol–water partition coefficient (Wildman–Crippen LogP) is 1.87. The van der Waals surface area contributed by atoms with Crippen molar-refractivity contribution in [1.29, 1.82) is 0 Å². The normalized spacial score (nSPS) is 12.1. The van der Waals surface area contributed by atoms with E-state index in [0.717, 1.165) is 12.1 Å². The molecule has 1 aromatic carbocycles.